The molecule has 0 fully saturated rings. The molecule has 2 aromatic carbocycles. The van der Waals surface area contributed by atoms with Gasteiger partial charge in [0.15, 0.2) is 11.0 Å². The second-order valence-corrected chi connectivity index (χ2v) is 8.58. The topological polar surface area (TPSA) is 71.6 Å². The highest BCUT2D eigenvalue weighted by atomic mass is 35.5. The van der Waals surface area contributed by atoms with Crippen molar-refractivity contribution in [3.8, 4) is 0 Å². The monoisotopic (exact) mass is 472 g/mol. The molecule has 2 heterocycles. The molecular weight excluding hydrogens is 455 g/mol. The summed E-state index contributed by atoms with van der Waals surface area (Å²) in [6.45, 7) is 3.95. The SMILES string of the molecule is CCc1noc(CSC2=N/C(=C\c3ccc(Cl)c(Cl)c3)C(=O)N2c2ccc(C)cc2)n1. The third kappa shape index (κ3) is 4.84. The number of halogens is 2. The van der Waals surface area contributed by atoms with E-state index in [1.807, 2.05) is 38.1 Å². The molecule has 6 nitrogen and oxygen atoms in total. The fourth-order valence-corrected chi connectivity index (χ4v) is 4.05. The van der Waals surface area contributed by atoms with Crippen LogP contribution in [0.1, 0.15) is 29.8 Å². The Kier molecular flexibility index (Phi) is 6.46. The number of amidine groups is 1. The van der Waals surface area contributed by atoms with Gasteiger partial charge in [0.25, 0.3) is 5.91 Å². The van der Waals surface area contributed by atoms with Crippen molar-refractivity contribution in [1.82, 2.24) is 10.1 Å². The number of amides is 1. The van der Waals surface area contributed by atoms with Gasteiger partial charge >= 0.3 is 0 Å². The Morgan fingerprint density at radius 2 is 1.90 bits per heavy atom. The molecule has 0 saturated heterocycles. The summed E-state index contributed by atoms with van der Waals surface area (Å²) >= 11 is 13.5. The van der Waals surface area contributed by atoms with Gasteiger partial charge in [-0.05, 0) is 42.8 Å². The molecule has 1 aliphatic rings. The number of hydrogen-bond donors (Lipinski definition) is 0. The van der Waals surface area contributed by atoms with Crippen LogP contribution in [0.15, 0.2) is 57.7 Å². The summed E-state index contributed by atoms with van der Waals surface area (Å²) < 4.78 is 5.26. The largest absolute Gasteiger partial charge is 0.338 e. The molecule has 0 bridgehead atoms. The van der Waals surface area contributed by atoms with Gasteiger partial charge in [-0.15, -0.1) is 0 Å². The third-order valence-corrected chi connectivity index (χ3v) is 6.18. The third-order valence-electron chi connectivity index (χ3n) is 4.52. The fourth-order valence-electron chi connectivity index (χ4n) is 2.89. The van der Waals surface area contributed by atoms with Crippen LogP contribution in [0.2, 0.25) is 10.0 Å². The van der Waals surface area contributed by atoms with Gasteiger partial charge in [-0.3, -0.25) is 9.69 Å². The van der Waals surface area contributed by atoms with E-state index in [-0.39, 0.29) is 5.91 Å². The van der Waals surface area contributed by atoms with Crippen molar-refractivity contribution in [3.05, 3.63) is 81.0 Å². The Bertz CT molecular complexity index is 1190. The molecular formula is C22H18Cl2N4O2S. The maximum Gasteiger partial charge on any atom is 0.283 e. The van der Waals surface area contributed by atoms with Crippen LogP contribution in [0.5, 0.6) is 0 Å². The lowest BCUT2D eigenvalue weighted by molar-refractivity contribution is -0.113. The number of hydrogen-bond acceptors (Lipinski definition) is 6. The number of aliphatic imine (C=N–C) groups is 1. The van der Waals surface area contributed by atoms with Gasteiger partial charge in [0.2, 0.25) is 5.89 Å². The number of benzene rings is 2. The van der Waals surface area contributed by atoms with Crippen molar-refractivity contribution in [1.29, 1.82) is 0 Å². The van der Waals surface area contributed by atoms with Crippen molar-refractivity contribution in [2.24, 2.45) is 4.99 Å². The Labute approximate surface area is 194 Å². The first-order valence-electron chi connectivity index (χ1n) is 9.55. The number of anilines is 1. The molecule has 0 spiro atoms. The van der Waals surface area contributed by atoms with Crippen LogP contribution in [0.4, 0.5) is 5.69 Å². The lowest BCUT2D eigenvalue weighted by atomic mass is 10.2. The lowest BCUT2D eigenvalue weighted by Gasteiger charge is -2.17. The number of thioether (sulfide) groups is 1. The highest BCUT2D eigenvalue weighted by Gasteiger charge is 2.32. The quantitative estimate of drug-likeness (QED) is 0.430. The predicted octanol–water partition coefficient (Wildman–Crippen LogP) is 5.92. The van der Waals surface area contributed by atoms with Crippen LogP contribution in [0.25, 0.3) is 6.08 Å². The minimum absolute atomic E-state index is 0.225. The summed E-state index contributed by atoms with van der Waals surface area (Å²) in [5.41, 5.74) is 2.88. The molecule has 0 N–H and O–H groups in total. The first kappa shape index (κ1) is 21.6. The average Bonchev–Trinajstić information content (AvgIpc) is 3.34. The number of aryl methyl sites for hydroxylation is 2. The van der Waals surface area contributed by atoms with E-state index in [1.54, 1.807) is 29.2 Å². The van der Waals surface area contributed by atoms with E-state index in [2.05, 4.69) is 15.1 Å². The molecule has 1 amide bonds. The van der Waals surface area contributed by atoms with E-state index in [4.69, 9.17) is 27.7 Å². The van der Waals surface area contributed by atoms with Crippen molar-refractivity contribution >= 4 is 57.8 Å². The van der Waals surface area contributed by atoms with Crippen LogP contribution >= 0.6 is 35.0 Å². The average molecular weight is 473 g/mol. The first-order valence-corrected chi connectivity index (χ1v) is 11.3. The van der Waals surface area contributed by atoms with E-state index in [0.29, 0.717) is 44.8 Å². The van der Waals surface area contributed by atoms with Crippen molar-refractivity contribution in [2.45, 2.75) is 26.0 Å². The van der Waals surface area contributed by atoms with Crippen LogP contribution in [-0.2, 0) is 17.0 Å². The Morgan fingerprint density at radius 1 is 1.13 bits per heavy atom. The Morgan fingerprint density at radius 3 is 2.58 bits per heavy atom. The molecule has 1 aromatic heterocycles. The molecule has 31 heavy (non-hydrogen) atoms. The second kappa shape index (κ2) is 9.26. The van der Waals surface area contributed by atoms with E-state index in [1.165, 1.54) is 11.8 Å². The zero-order valence-corrected chi connectivity index (χ0v) is 19.1. The molecule has 0 aliphatic carbocycles. The van der Waals surface area contributed by atoms with Crippen molar-refractivity contribution < 1.29 is 9.32 Å². The number of nitrogens with zero attached hydrogens (tertiary/aromatic N) is 4. The number of carbonyl (C=O) groups is 1. The molecule has 0 atom stereocenters. The molecule has 158 valence electrons. The second-order valence-electron chi connectivity index (χ2n) is 6.82. The predicted molar refractivity (Wildman–Crippen MR) is 126 cm³/mol. The van der Waals surface area contributed by atoms with E-state index in [9.17, 15) is 4.79 Å². The molecule has 0 radical (unpaired) electrons. The molecule has 1 aliphatic heterocycles. The summed E-state index contributed by atoms with van der Waals surface area (Å²) in [5, 5.41) is 5.32. The molecule has 0 saturated carbocycles. The maximum atomic E-state index is 13.2. The van der Waals surface area contributed by atoms with Gasteiger partial charge in [0, 0.05) is 6.42 Å². The van der Waals surface area contributed by atoms with E-state index in [0.717, 1.165) is 16.8 Å². The molecule has 4 rings (SSSR count). The Balaban J connectivity index is 1.66. The molecule has 0 unspecified atom stereocenters. The normalized spacial score (nSPS) is 15.1. The van der Waals surface area contributed by atoms with Gasteiger partial charge in [-0.1, -0.05) is 70.8 Å². The van der Waals surface area contributed by atoms with Crippen LogP contribution in [-0.4, -0.2) is 21.2 Å². The number of rotatable bonds is 5. The smallest absolute Gasteiger partial charge is 0.283 e. The zero-order chi connectivity index (χ0) is 22.0. The minimum Gasteiger partial charge on any atom is -0.338 e. The summed E-state index contributed by atoms with van der Waals surface area (Å²) in [5.74, 6) is 1.32. The standard InChI is InChI=1S/C22H18Cl2N4O2S/c1-3-19-26-20(30-27-19)12-31-22-25-18(11-14-6-9-16(23)17(24)10-14)21(29)28(22)15-7-4-13(2)5-8-15/h4-11H,3,12H2,1-2H3/b18-11-. The van der Waals surface area contributed by atoms with Gasteiger partial charge in [0.05, 0.1) is 21.5 Å². The highest BCUT2D eigenvalue weighted by Crippen LogP contribution is 2.31. The van der Waals surface area contributed by atoms with Crippen LogP contribution < -0.4 is 4.90 Å². The van der Waals surface area contributed by atoms with Gasteiger partial charge in [-0.25, -0.2) is 4.99 Å². The molecule has 3 aromatic rings. The van der Waals surface area contributed by atoms with Crippen LogP contribution in [0, 0.1) is 6.92 Å². The number of aromatic nitrogens is 2. The van der Waals surface area contributed by atoms with Gasteiger partial charge < -0.3 is 4.52 Å². The minimum atomic E-state index is -0.225. The molecule has 9 heteroatoms. The van der Waals surface area contributed by atoms with Crippen molar-refractivity contribution in [3.63, 3.8) is 0 Å². The fraction of sp³-hybridized carbons (Fsp3) is 0.182. The number of carbonyl (C=O) groups excluding carboxylic acids is 1. The summed E-state index contributed by atoms with van der Waals surface area (Å²) in [4.78, 5) is 23.7. The van der Waals surface area contributed by atoms with E-state index >= 15 is 0 Å². The Hall–Kier alpha value is -2.61. The lowest BCUT2D eigenvalue weighted by Crippen LogP contribution is -2.30. The highest BCUT2D eigenvalue weighted by molar-refractivity contribution is 8.13. The van der Waals surface area contributed by atoms with Crippen LogP contribution in [0.3, 0.4) is 0 Å². The summed E-state index contributed by atoms with van der Waals surface area (Å²) in [6, 6.07) is 12.9. The summed E-state index contributed by atoms with van der Waals surface area (Å²) in [7, 11) is 0. The zero-order valence-electron chi connectivity index (χ0n) is 16.8. The summed E-state index contributed by atoms with van der Waals surface area (Å²) in [6.07, 6.45) is 2.39. The maximum absolute atomic E-state index is 13.2. The van der Waals surface area contributed by atoms with E-state index < -0.39 is 0 Å². The van der Waals surface area contributed by atoms with Gasteiger partial charge in [-0.2, -0.15) is 4.98 Å². The first-order chi connectivity index (χ1) is 14.9. The van der Waals surface area contributed by atoms with Gasteiger partial charge in [0.1, 0.15) is 5.70 Å². The van der Waals surface area contributed by atoms with Crippen molar-refractivity contribution in [2.75, 3.05) is 4.90 Å².